The molecule has 160 valence electrons. The van der Waals surface area contributed by atoms with E-state index in [0.29, 0.717) is 11.5 Å². The first-order chi connectivity index (χ1) is 14.2. The minimum atomic E-state index is -3.59. The summed E-state index contributed by atoms with van der Waals surface area (Å²) in [6.45, 7) is 1.85. The number of fused-ring (bicyclic) bond motifs is 1. The molecule has 0 aliphatic carbocycles. The maximum atomic E-state index is 12.3. The number of ether oxygens (including phenoxy) is 3. The van der Waals surface area contributed by atoms with Crippen molar-refractivity contribution in [2.24, 2.45) is 0 Å². The topological polar surface area (TPSA) is 111 Å². The van der Waals surface area contributed by atoms with E-state index >= 15 is 0 Å². The second-order valence-corrected chi connectivity index (χ2v) is 8.92. The van der Waals surface area contributed by atoms with Crippen molar-refractivity contribution in [1.29, 1.82) is 0 Å². The normalized spacial score (nSPS) is 13.7. The molecular weight excluding hydrogens is 412 g/mol. The predicted octanol–water partition coefficient (Wildman–Crippen LogP) is 1.53. The minimum Gasteiger partial charge on any atom is -0.454 e. The molecule has 2 aromatic rings. The van der Waals surface area contributed by atoms with E-state index in [1.165, 1.54) is 45.3 Å². The Bertz CT molecular complexity index is 1050. The van der Waals surface area contributed by atoms with Crippen molar-refractivity contribution in [3.05, 3.63) is 53.6 Å². The van der Waals surface area contributed by atoms with E-state index in [-0.39, 0.29) is 23.8 Å². The predicted molar refractivity (Wildman–Crippen MR) is 107 cm³/mol. The van der Waals surface area contributed by atoms with Gasteiger partial charge in [-0.3, -0.25) is 4.79 Å². The third-order valence-corrected chi connectivity index (χ3v) is 6.25. The highest BCUT2D eigenvalue weighted by Crippen LogP contribution is 2.32. The number of hydrogen-bond donors (Lipinski definition) is 1. The lowest BCUT2D eigenvalue weighted by Gasteiger charge is -2.14. The van der Waals surface area contributed by atoms with Crippen LogP contribution in [-0.2, 0) is 26.1 Å². The van der Waals surface area contributed by atoms with Gasteiger partial charge in [0.25, 0.3) is 5.91 Å². The van der Waals surface area contributed by atoms with E-state index in [2.05, 4.69) is 5.32 Å². The van der Waals surface area contributed by atoms with Crippen LogP contribution in [0, 0.1) is 0 Å². The quantitative estimate of drug-likeness (QED) is 0.658. The molecule has 3 rings (SSSR count). The average molecular weight is 434 g/mol. The van der Waals surface area contributed by atoms with Gasteiger partial charge in [0, 0.05) is 20.6 Å². The first-order valence-corrected chi connectivity index (χ1v) is 10.5. The largest absolute Gasteiger partial charge is 0.454 e. The summed E-state index contributed by atoms with van der Waals surface area (Å²) in [4.78, 5) is 24.6. The molecule has 1 atom stereocenters. The molecule has 1 unspecified atom stereocenters. The highest BCUT2D eigenvalue weighted by molar-refractivity contribution is 7.89. The molecule has 0 fully saturated rings. The highest BCUT2D eigenvalue weighted by Gasteiger charge is 2.21. The Morgan fingerprint density at radius 1 is 1.10 bits per heavy atom. The van der Waals surface area contributed by atoms with E-state index < -0.39 is 28.0 Å². The van der Waals surface area contributed by atoms with Gasteiger partial charge in [-0.15, -0.1) is 0 Å². The summed E-state index contributed by atoms with van der Waals surface area (Å²) in [5.41, 5.74) is 0.951. The van der Waals surface area contributed by atoms with Gasteiger partial charge in [0.05, 0.1) is 10.5 Å². The molecule has 1 heterocycles. The van der Waals surface area contributed by atoms with Crippen molar-refractivity contribution in [2.45, 2.75) is 24.5 Å². The van der Waals surface area contributed by atoms with Crippen molar-refractivity contribution in [3.8, 4) is 11.5 Å². The molecule has 9 nitrogen and oxygen atoms in total. The molecule has 1 N–H and O–H groups in total. The number of nitrogens with one attached hydrogen (secondary N) is 1. The van der Waals surface area contributed by atoms with Gasteiger partial charge in [0.1, 0.15) is 0 Å². The van der Waals surface area contributed by atoms with Gasteiger partial charge in [0.2, 0.25) is 16.8 Å². The molecule has 0 radical (unpaired) electrons. The monoisotopic (exact) mass is 434 g/mol. The Morgan fingerprint density at radius 2 is 1.77 bits per heavy atom. The van der Waals surface area contributed by atoms with Gasteiger partial charge < -0.3 is 19.5 Å². The van der Waals surface area contributed by atoms with E-state index in [1.807, 2.05) is 0 Å². The van der Waals surface area contributed by atoms with Gasteiger partial charge in [-0.05, 0) is 48.9 Å². The van der Waals surface area contributed by atoms with Crippen LogP contribution >= 0.6 is 0 Å². The lowest BCUT2D eigenvalue weighted by molar-refractivity contribution is -0.129. The van der Waals surface area contributed by atoms with Gasteiger partial charge in [0.15, 0.2) is 17.6 Å². The van der Waals surface area contributed by atoms with Crippen LogP contribution in [-0.4, -0.2) is 51.6 Å². The van der Waals surface area contributed by atoms with Crippen LogP contribution in [0.2, 0.25) is 0 Å². The van der Waals surface area contributed by atoms with Crippen LogP contribution in [0.4, 0.5) is 0 Å². The summed E-state index contributed by atoms with van der Waals surface area (Å²) >= 11 is 0. The van der Waals surface area contributed by atoms with Crippen molar-refractivity contribution in [3.63, 3.8) is 0 Å². The first kappa shape index (κ1) is 21.6. The molecule has 2 aromatic carbocycles. The third-order valence-electron chi connectivity index (χ3n) is 4.43. The molecule has 30 heavy (non-hydrogen) atoms. The molecule has 10 heteroatoms. The summed E-state index contributed by atoms with van der Waals surface area (Å²) in [5, 5.41) is 2.69. The summed E-state index contributed by atoms with van der Waals surface area (Å²) < 4.78 is 40.9. The van der Waals surface area contributed by atoms with Crippen molar-refractivity contribution < 1.29 is 32.2 Å². The Labute approximate surface area is 174 Å². The number of nitrogens with zero attached hydrogens (tertiary/aromatic N) is 1. The van der Waals surface area contributed by atoms with Gasteiger partial charge in [-0.1, -0.05) is 6.07 Å². The average Bonchev–Trinajstić information content (AvgIpc) is 3.19. The van der Waals surface area contributed by atoms with Crippen molar-refractivity contribution >= 4 is 21.9 Å². The maximum Gasteiger partial charge on any atom is 0.338 e. The van der Waals surface area contributed by atoms with E-state index in [4.69, 9.17) is 14.2 Å². The van der Waals surface area contributed by atoms with Crippen molar-refractivity contribution in [2.75, 3.05) is 20.9 Å². The lowest BCUT2D eigenvalue weighted by atomic mass is 10.2. The van der Waals surface area contributed by atoms with Crippen LogP contribution in [0.1, 0.15) is 22.8 Å². The Hall–Kier alpha value is -3.11. The smallest absolute Gasteiger partial charge is 0.338 e. The molecule has 0 aromatic heterocycles. The number of benzene rings is 2. The fourth-order valence-electron chi connectivity index (χ4n) is 2.64. The second kappa shape index (κ2) is 8.72. The van der Waals surface area contributed by atoms with Gasteiger partial charge in [-0.2, -0.15) is 0 Å². The molecule has 0 saturated heterocycles. The van der Waals surface area contributed by atoms with Crippen molar-refractivity contribution in [1.82, 2.24) is 9.62 Å². The molecule has 0 spiro atoms. The van der Waals surface area contributed by atoms with E-state index in [1.54, 1.807) is 18.2 Å². The number of carbonyl (C=O) groups excluding carboxylic acids is 2. The standard InChI is InChI=1S/C20H22N2O7S/c1-13(19(23)21-11-14-4-9-17-18(10-14)28-12-27-17)29-20(24)15-5-7-16(8-6-15)30(25,26)22(2)3/h4-10,13H,11-12H2,1-3H3,(H,21,23). The van der Waals surface area contributed by atoms with E-state index in [0.717, 1.165) is 9.87 Å². The molecule has 1 aliphatic rings. The molecule has 0 bridgehead atoms. The number of rotatable bonds is 7. The third kappa shape index (κ3) is 4.71. The minimum absolute atomic E-state index is 0.0542. The molecule has 1 amide bonds. The number of carbonyl (C=O) groups is 2. The fraction of sp³-hybridized carbons (Fsp3) is 0.300. The Balaban J connectivity index is 1.55. The van der Waals surface area contributed by atoms with Gasteiger partial charge >= 0.3 is 5.97 Å². The number of sulfonamides is 1. The maximum absolute atomic E-state index is 12.3. The number of esters is 1. The number of hydrogen-bond acceptors (Lipinski definition) is 7. The molecule has 0 saturated carbocycles. The first-order valence-electron chi connectivity index (χ1n) is 9.08. The van der Waals surface area contributed by atoms with Crippen LogP contribution < -0.4 is 14.8 Å². The zero-order valence-corrected chi connectivity index (χ0v) is 17.6. The highest BCUT2D eigenvalue weighted by atomic mass is 32.2. The summed E-state index contributed by atoms with van der Waals surface area (Å²) in [7, 11) is -0.757. The lowest BCUT2D eigenvalue weighted by Crippen LogP contribution is -2.35. The van der Waals surface area contributed by atoms with Crippen LogP contribution in [0.3, 0.4) is 0 Å². The zero-order chi connectivity index (χ0) is 21.9. The Morgan fingerprint density at radius 3 is 2.43 bits per heavy atom. The summed E-state index contributed by atoms with van der Waals surface area (Å²) in [6.07, 6.45) is -1.03. The summed E-state index contributed by atoms with van der Waals surface area (Å²) in [5.74, 6) is 0.0695. The molecule has 1 aliphatic heterocycles. The number of amides is 1. The fourth-order valence-corrected chi connectivity index (χ4v) is 3.54. The van der Waals surface area contributed by atoms with Crippen LogP contribution in [0.15, 0.2) is 47.4 Å². The van der Waals surface area contributed by atoms with E-state index in [9.17, 15) is 18.0 Å². The zero-order valence-electron chi connectivity index (χ0n) is 16.7. The van der Waals surface area contributed by atoms with Gasteiger partial charge in [-0.25, -0.2) is 17.5 Å². The van der Waals surface area contributed by atoms with Crippen LogP contribution in [0.25, 0.3) is 0 Å². The molecular formula is C20H22N2O7S. The van der Waals surface area contributed by atoms with Crippen LogP contribution in [0.5, 0.6) is 11.5 Å². The Kier molecular flexibility index (Phi) is 6.28. The second-order valence-electron chi connectivity index (χ2n) is 6.76. The summed E-state index contributed by atoms with van der Waals surface area (Å²) in [6, 6.07) is 10.6. The SMILES string of the molecule is CC(OC(=O)c1ccc(S(=O)(=O)N(C)C)cc1)C(=O)NCc1ccc2c(c1)OCO2.